The summed E-state index contributed by atoms with van der Waals surface area (Å²) in [5.74, 6) is 0.338. The SMILES string of the molecule is CCN(CC)c1ccc(CC(CN)c2cn(C)c3ccccc23)cc1. The molecule has 0 saturated carbocycles. The number of nitrogens with two attached hydrogens (primary N) is 1. The maximum atomic E-state index is 6.16. The van der Waals surface area contributed by atoms with Crippen LogP contribution in [0.4, 0.5) is 5.69 Å². The zero-order valence-corrected chi connectivity index (χ0v) is 15.6. The molecule has 0 aliphatic rings. The number of nitrogens with zero attached hydrogens (tertiary/aromatic N) is 2. The summed E-state index contributed by atoms with van der Waals surface area (Å²) < 4.78 is 2.21. The molecule has 1 atom stereocenters. The average Bonchev–Trinajstić information content (AvgIpc) is 2.99. The van der Waals surface area contributed by atoms with Gasteiger partial charge in [0.15, 0.2) is 0 Å². The normalized spacial score (nSPS) is 12.5. The first-order valence-corrected chi connectivity index (χ1v) is 9.25. The van der Waals surface area contributed by atoms with Crippen LogP contribution in [0.1, 0.15) is 30.9 Å². The molecule has 0 amide bonds. The zero-order valence-electron chi connectivity index (χ0n) is 15.6. The number of hydrogen-bond donors (Lipinski definition) is 1. The molecule has 0 aliphatic heterocycles. The van der Waals surface area contributed by atoms with E-state index in [1.165, 1.54) is 27.7 Å². The van der Waals surface area contributed by atoms with Gasteiger partial charge >= 0.3 is 0 Å². The van der Waals surface area contributed by atoms with E-state index in [0.717, 1.165) is 19.5 Å². The summed E-state index contributed by atoms with van der Waals surface area (Å²) in [5, 5.41) is 1.32. The smallest absolute Gasteiger partial charge is 0.0480 e. The van der Waals surface area contributed by atoms with E-state index in [1.807, 2.05) is 0 Å². The van der Waals surface area contributed by atoms with Crippen LogP contribution < -0.4 is 10.6 Å². The number of aryl methyl sites for hydroxylation is 1. The number of rotatable bonds is 7. The number of anilines is 1. The summed E-state index contributed by atoms with van der Waals surface area (Å²) in [6, 6.07) is 17.6. The minimum absolute atomic E-state index is 0.338. The molecule has 0 radical (unpaired) electrons. The molecule has 0 bridgehead atoms. The monoisotopic (exact) mass is 335 g/mol. The Morgan fingerprint density at radius 3 is 2.32 bits per heavy atom. The highest BCUT2D eigenvalue weighted by atomic mass is 15.1. The van der Waals surface area contributed by atoms with Gasteiger partial charge in [0, 0.05) is 48.8 Å². The van der Waals surface area contributed by atoms with Crippen molar-refractivity contribution in [2.75, 3.05) is 24.5 Å². The van der Waals surface area contributed by atoms with E-state index in [4.69, 9.17) is 5.73 Å². The Bertz CT molecular complexity index is 813. The molecule has 3 nitrogen and oxygen atoms in total. The van der Waals surface area contributed by atoms with E-state index in [2.05, 4.69) is 85.1 Å². The van der Waals surface area contributed by atoms with Crippen LogP contribution in [0, 0.1) is 0 Å². The van der Waals surface area contributed by atoms with Crippen LogP contribution >= 0.6 is 0 Å². The van der Waals surface area contributed by atoms with Crippen molar-refractivity contribution in [2.24, 2.45) is 12.8 Å². The van der Waals surface area contributed by atoms with E-state index >= 15 is 0 Å². The Morgan fingerprint density at radius 1 is 1.00 bits per heavy atom. The molecule has 0 fully saturated rings. The summed E-state index contributed by atoms with van der Waals surface area (Å²) in [4.78, 5) is 2.37. The van der Waals surface area contributed by atoms with Crippen molar-refractivity contribution in [1.82, 2.24) is 4.57 Å². The first-order valence-electron chi connectivity index (χ1n) is 9.25. The third-order valence-corrected chi connectivity index (χ3v) is 5.20. The van der Waals surface area contributed by atoms with Crippen molar-refractivity contribution in [3.63, 3.8) is 0 Å². The van der Waals surface area contributed by atoms with Gasteiger partial charge in [-0.25, -0.2) is 0 Å². The summed E-state index contributed by atoms with van der Waals surface area (Å²) in [6.07, 6.45) is 3.22. The number of benzene rings is 2. The summed E-state index contributed by atoms with van der Waals surface area (Å²) in [7, 11) is 2.11. The third kappa shape index (κ3) is 3.57. The highest BCUT2D eigenvalue weighted by Gasteiger charge is 2.16. The zero-order chi connectivity index (χ0) is 17.8. The molecule has 2 N–H and O–H groups in total. The molecule has 132 valence electrons. The van der Waals surface area contributed by atoms with Gasteiger partial charge in [-0.05, 0) is 56.1 Å². The lowest BCUT2D eigenvalue weighted by atomic mass is 9.91. The minimum atomic E-state index is 0.338. The van der Waals surface area contributed by atoms with E-state index in [-0.39, 0.29) is 0 Å². The molecule has 2 aromatic carbocycles. The molecule has 3 heteroatoms. The molecule has 1 aromatic heterocycles. The molecule has 3 rings (SSSR count). The van der Waals surface area contributed by atoms with Crippen molar-refractivity contribution in [3.8, 4) is 0 Å². The lowest BCUT2D eigenvalue weighted by Crippen LogP contribution is -2.21. The fraction of sp³-hybridized carbons (Fsp3) is 0.364. The van der Waals surface area contributed by atoms with Gasteiger partial charge in [0.05, 0.1) is 0 Å². The van der Waals surface area contributed by atoms with Gasteiger partial charge in [0.2, 0.25) is 0 Å². The van der Waals surface area contributed by atoms with Crippen LogP contribution in [-0.2, 0) is 13.5 Å². The molecule has 1 heterocycles. The second kappa shape index (κ2) is 7.75. The number of fused-ring (bicyclic) bond motifs is 1. The lowest BCUT2D eigenvalue weighted by Gasteiger charge is -2.21. The Morgan fingerprint density at radius 2 is 1.68 bits per heavy atom. The van der Waals surface area contributed by atoms with Gasteiger partial charge in [0.1, 0.15) is 0 Å². The topological polar surface area (TPSA) is 34.2 Å². The summed E-state index contributed by atoms with van der Waals surface area (Å²) in [6.45, 7) is 7.13. The van der Waals surface area contributed by atoms with Crippen LogP contribution in [-0.4, -0.2) is 24.2 Å². The first-order chi connectivity index (χ1) is 12.2. The Hall–Kier alpha value is -2.26. The van der Waals surface area contributed by atoms with Crippen molar-refractivity contribution >= 4 is 16.6 Å². The molecule has 0 saturated heterocycles. The Kier molecular flexibility index (Phi) is 5.44. The Balaban J connectivity index is 1.84. The molecule has 1 unspecified atom stereocenters. The van der Waals surface area contributed by atoms with Crippen molar-refractivity contribution in [2.45, 2.75) is 26.2 Å². The van der Waals surface area contributed by atoms with Gasteiger partial charge in [-0.1, -0.05) is 30.3 Å². The van der Waals surface area contributed by atoms with Crippen molar-refractivity contribution in [1.29, 1.82) is 0 Å². The standard InChI is InChI=1S/C22H29N3/c1-4-25(5-2)19-12-10-17(11-13-19)14-18(15-23)21-16-24(3)22-9-7-6-8-20(21)22/h6-13,16,18H,4-5,14-15,23H2,1-3H3. The molecule has 25 heavy (non-hydrogen) atoms. The fourth-order valence-electron chi connectivity index (χ4n) is 3.73. The second-order valence-electron chi connectivity index (χ2n) is 6.69. The summed E-state index contributed by atoms with van der Waals surface area (Å²) in [5.41, 5.74) is 11.4. The largest absolute Gasteiger partial charge is 0.372 e. The van der Waals surface area contributed by atoms with Gasteiger partial charge < -0.3 is 15.2 Å². The van der Waals surface area contributed by atoms with Gasteiger partial charge in [-0.15, -0.1) is 0 Å². The first kappa shape index (κ1) is 17.6. The van der Waals surface area contributed by atoms with Gasteiger partial charge in [-0.3, -0.25) is 0 Å². The maximum Gasteiger partial charge on any atom is 0.0480 e. The van der Waals surface area contributed by atoms with Crippen molar-refractivity contribution in [3.05, 3.63) is 65.9 Å². The number of para-hydroxylation sites is 1. The molecule has 3 aromatic rings. The van der Waals surface area contributed by atoms with Crippen LogP contribution in [0.5, 0.6) is 0 Å². The Labute approximate surface area is 151 Å². The van der Waals surface area contributed by atoms with E-state index in [1.54, 1.807) is 0 Å². The maximum absolute atomic E-state index is 6.16. The predicted molar refractivity (Wildman–Crippen MR) is 108 cm³/mol. The lowest BCUT2D eigenvalue weighted by molar-refractivity contribution is 0.696. The number of hydrogen-bond acceptors (Lipinski definition) is 2. The van der Waals surface area contributed by atoms with Crippen molar-refractivity contribution < 1.29 is 0 Å². The molecule has 0 aliphatic carbocycles. The van der Waals surface area contributed by atoms with E-state index < -0.39 is 0 Å². The predicted octanol–water partition coefficient (Wildman–Crippen LogP) is 4.31. The van der Waals surface area contributed by atoms with Gasteiger partial charge in [-0.2, -0.15) is 0 Å². The molecule has 0 spiro atoms. The number of aromatic nitrogens is 1. The molecular weight excluding hydrogens is 306 g/mol. The van der Waals surface area contributed by atoms with Crippen LogP contribution in [0.25, 0.3) is 10.9 Å². The summed E-state index contributed by atoms with van der Waals surface area (Å²) >= 11 is 0. The van der Waals surface area contributed by atoms with Crippen LogP contribution in [0.15, 0.2) is 54.7 Å². The van der Waals surface area contributed by atoms with Gasteiger partial charge in [0.25, 0.3) is 0 Å². The quantitative estimate of drug-likeness (QED) is 0.698. The highest BCUT2D eigenvalue weighted by Crippen LogP contribution is 2.29. The van der Waals surface area contributed by atoms with Crippen LogP contribution in [0.3, 0.4) is 0 Å². The third-order valence-electron chi connectivity index (χ3n) is 5.20. The fourth-order valence-corrected chi connectivity index (χ4v) is 3.73. The minimum Gasteiger partial charge on any atom is -0.372 e. The highest BCUT2D eigenvalue weighted by molar-refractivity contribution is 5.84. The van der Waals surface area contributed by atoms with Crippen LogP contribution in [0.2, 0.25) is 0 Å². The van der Waals surface area contributed by atoms with E-state index in [0.29, 0.717) is 12.5 Å². The molecular formula is C22H29N3. The second-order valence-corrected chi connectivity index (χ2v) is 6.69. The van der Waals surface area contributed by atoms with E-state index in [9.17, 15) is 0 Å². The average molecular weight is 335 g/mol.